The predicted octanol–water partition coefficient (Wildman–Crippen LogP) is 2.97. The summed E-state index contributed by atoms with van der Waals surface area (Å²) >= 11 is 11.5. The Morgan fingerprint density at radius 1 is 1.38 bits per heavy atom. The molecule has 0 amide bonds. The largest absolute Gasteiger partial charge is 0.376 e. The van der Waals surface area contributed by atoms with Crippen LogP contribution in [0.2, 0.25) is 5.15 Å². The van der Waals surface area contributed by atoms with E-state index in [1.807, 2.05) is 6.07 Å². The zero-order valence-corrected chi connectivity index (χ0v) is 15.5. The van der Waals surface area contributed by atoms with Gasteiger partial charge < -0.3 is 20.3 Å². The molecule has 1 aromatic heterocycles. The third-order valence-electron chi connectivity index (χ3n) is 4.52. The molecule has 0 radical (unpaired) electrons. The molecule has 2 aliphatic heterocycles. The zero-order valence-electron chi connectivity index (χ0n) is 13.9. The number of hydrogen-bond donors (Lipinski definition) is 2. The average Bonchev–Trinajstić information content (AvgIpc) is 3.06. The Kier molecular flexibility index (Phi) is 6.08. The minimum Gasteiger partial charge on any atom is -0.376 e. The smallest absolute Gasteiger partial charge is 0.232 e. The van der Waals surface area contributed by atoms with Crippen LogP contribution < -0.4 is 15.5 Å². The molecule has 132 valence electrons. The quantitative estimate of drug-likeness (QED) is 0.624. The van der Waals surface area contributed by atoms with Crippen molar-refractivity contribution in [2.45, 2.75) is 51.2 Å². The summed E-state index contributed by atoms with van der Waals surface area (Å²) in [5.74, 6) is 1.28. The molecule has 24 heavy (non-hydrogen) atoms. The normalized spacial score (nSPS) is 24.0. The van der Waals surface area contributed by atoms with Gasteiger partial charge in [-0.15, -0.1) is 0 Å². The Morgan fingerprint density at radius 3 is 3.00 bits per heavy atom. The van der Waals surface area contributed by atoms with Gasteiger partial charge in [-0.1, -0.05) is 11.6 Å². The molecule has 0 saturated carbocycles. The number of piperidine rings is 1. The van der Waals surface area contributed by atoms with Gasteiger partial charge in [0.05, 0.1) is 6.10 Å². The fraction of sp³-hybridized carbons (Fsp3) is 0.688. The van der Waals surface area contributed by atoms with Crippen LogP contribution in [0.1, 0.15) is 39.0 Å². The molecule has 2 atom stereocenters. The van der Waals surface area contributed by atoms with Crippen molar-refractivity contribution in [3.8, 4) is 0 Å². The first-order chi connectivity index (χ1) is 11.6. The minimum atomic E-state index is 0.231. The maximum atomic E-state index is 6.18. The highest BCUT2D eigenvalue weighted by Gasteiger charge is 2.21. The average molecular weight is 370 g/mol. The highest BCUT2D eigenvalue weighted by atomic mass is 35.5. The highest BCUT2D eigenvalue weighted by molar-refractivity contribution is 7.80. The fourth-order valence-electron chi connectivity index (χ4n) is 3.20. The molecule has 6 nitrogen and oxygen atoms in total. The molecule has 1 aromatic rings. The molecule has 2 N–H and O–H groups in total. The molecule has 2 unspecified atom stereocenters. The lowest BCUT2D eigenvalue weighted by molar-refractivity contribution is 0.114. The number of rotatable bonds is 4. The lowest BCUT2D eigenvalue weighted by atomic mass is 10.0. The van der Waals surface area contributed by atoms with Crippen molar-refractivity contribution in [3.05, 3.63) is 11.2 Å². The number of thiocarbonyl (C=S) groups is 1. The summed E-state index contributed by atoms with van der Waals surface area (Å²) in [6.45, 7) is 4.75. The standard InChI is InChI=1S/C16H24ClN5OS/c1-11-5-2-3-7-22(11)14-9-13(17)19-15(20-14)21-16(24)18-10-12-6-4-8-23-12/h9,11-12H,2-8,10H2,1H3,(H2,18,19,20,21,24). The second-order valence-corrected chi connectivity index (χ2v) is 7.18. The number of nitrogens with one attached hydrogen (secondary N) is 2. The van der Waals surface area contributed by atoms with E-state index in [1.54, 1.807) is 0 Å². The van der Waals surface area contributed by atoms with Gasteiger partial charge in [-0.3, -0.25) is 0 Å². The van der Waals surface area contributed by atoms with E-state index in [-0.39, 0.29) is 6.10 Å². The fourth-order valence-corrected chi connectivity index (χ4v) is 3.56. The van der Waals surface area contributed by atoms with Crippen LogP contribution in [0.4, 0.5) is 11.8 Å². The van der Waals surface area contributed by atoms with E-state index in [4.69, 9.17) is 28.6 Å². The van der Waals surface area contributed by atoms with E-state index < -0.39 is 0 Å². The van der Waals surface area contributed by atoms with Crippen LogP contribution in [0, 0.1) is 0 Å². The van der Waals surface area contributed by atoms with Crippen LogP contribution in [0.25, 0.3) is 0 Å². The number of halogens is 1. The van der Waals surface area contributed by atoms with Gasteiger partial charge >= 0.3 is 0 Å². The first-order valence-electron chi connectivity index (χ1n) is 8.59. The van der Waals surface area contributed by atoms with Crippen LogP contribution in [-0.4, -0.2) is 46.9 Å². The van der Waals surface area contributed by atoms with Crippen molar-refractivity contribution >= 4 is 40.7 Å². The molecule has 8 heteroatoms. The van der Waals surface area contributed by atoms with Gasteiger partial charge in [-0.05, 0) is 51.2 Å². The summed E-state index contributed by atoms with van der Waals surface area (Å²) in [6.07, 6.45) is 6.03. The van der Waals surface area contributed by atoms with E-state index in [0.717, 1.165) is 31.8 Å². The number of ether oxygens (including phenoxy) is 1. The van der Waals surface area contributed by atoms with Gasteiger partial charge in [0.25, 0.3) is 0 Å². The van der Waals surface area contributed by atoms with Crippen molar-refractivity contribution in [2.24, 2.45) is 0 Å². The highest BCUT2D eigenvalue weighted by Crippen LogP contribution is 2.25. The molecule has 0 spiro atoms. The Bertz CT molecular complexity index is 582. The first kappa shape index (κ1) is 17.6. The molecule has 0 aliphatic carbocycles. The van der Waals surface area contributed by atoms with Crippen LogP contribution >= 0.6 is 23.8 Å². The van der Waals surface area contributed by atoms with Crippen LogP contribution in [-0.2, 0) is 4.74 Å². The third-order valence-corrected chi connectivity index (χ3v) is 4.96. The monoisotopic (exact) mass is 369 g/mol. The lowest BCUT2D eigenvalue weighted by Crippen LogP contribution is -2.38. The Morgan fingerprint density at radius 2 is 2.25 bits per heavy atom. The van der Waals surface area contributed by atoms with Crippen LogP contribution in [0.5, 0.6) is 0 Å². The second-order valence-electron chi connectivity index (χ2n) is 6.38. The maximum absolute atomic E-state index is 6.18. The molecule has 2 fully saturated rings. The predicted molar refractivity (Wildman–Crippen MR) is 101 cm³/mol. The van der Waals surface area contributed by atoms with Crippen molar-refractivity contribution in [1.82, 2.24) is 15.3 Å². The number of aromatic nitrogens is 2. The lowest BCUT2D eigenvalue weighted by Gasteiger charge is -2.34. The summed E-state index contributed by atoms with van der Waals surface area (Å²) in [5.41, 5.74) is 0. The third kappa shape index (κ3) is 4.68. The summed E-state index contributed by atoms with van der Waals surface area (Å²) in [6, 6.07) is 2.28. The minimum absolute atomic E-state index is 0.231. The topological polar surface area (TPSA) is 62.3 Å². The molecular formula is C16H24ClN5OS. The van der Waals surface area contributed by atoms with Gasteiger partial charge in [0, 0.05) is 31.8 Å². The molecular weight excluding hydrogens is 346 g/mol. The zero-order chi connectivity index (χ0) is 16.9. The molecule has 2 aliphatic rings. The Labute approximate surface area is 153 Å². The van der Waals surface area contributed by atoms with E-state index in [9.17, 15) is 0 Å². The van der Waals surface area contributed by atoms with Gasteiger partial charge in [-0.2, -0.15) is 4.98 Å². The van der Waals surface area contributed by atoms with Crippen LogP contribution in [0.3, 0.4) is 0 Å². The summed E-state index contributed by atoms with van der Waals surface area (Å²) in [7, 11) is 0. The van der Waals surface area contributed by atoms with Gasteiger partial charge in [0.1, 0.15) is 11.0 Å². The van der Waals surface area contributed by atoms with Crippen molar-refractivity contribution < 1.29 is 4.74 Å². The molecule has 2 saturated heterocycles. The van der Waals surface area contributed by atoms with E-state index in [2.05, 4.69) is 32.4 Å². The first-order valence-corrected chi connectivity index (χ1v) is 9.38. The SMILES string of the molecule is CC1CCCCN1c1cc(Cl)nc(NC(=S)NCC2CCCO2)n1. The van der Waals surface area contributed by atoms with Crippen molar-refractivity contribution in [1.29, 1.82) is 0 Å². The van der Waals surface area contributed by atoms with E-state index >= 15 is 0 Å². The van der Waals surface area contributed by atoms with Gasteiger partial charge in [-0.25, -0.2) is 4.98 Å². The molecule has 3 heterocycles. The van der Waals surface area contributed by atoms with Crippen LogP contribution in [0.15, 0.2) is 6.07 Å². The molecule has 0 aromatic carbocycles. The summed E-state index contributed by atoms with van der Waals surface area (Å²) in [4.78, 5) is 11.1. The molecule has 0 bridgehead atoms. The van der Waals surface area contributed by atoms with E-state index in [1.165, 1.54) is 19.3 Å². The number of hydrogen-bond acceptors (Lipinski definition) is 5. The van der Waals surface area contributed by atoms with Crippen molar-refractivity contribution in [3.63, 3.8) is 0 Å². The van der Waals surface area contributed by atoms with Gasteiger partial charge in [0.2, 0.25) is 5.95 Å². The summed E-state index contributed by atoms with van der Waals surface area (Å²) < 4.78 is 5.57. The number of nitrogens with zero attached hydrogens (tertiary/aromatic N) is 3. The summed E-state index contributed by atoms with van der Waals surface area (Å²) in [5, 5.41) is 7.10. The van der Waals surface area contributed by atoms with E-state index in [0.29, 0.717) is 28.8 Å². The number of anilines is 2. The Balaban J connectivity index is 1.61. The van der Waals surface area contributed by atoms with Gasteiger partial charge in [0.15, 0.2) is 5.11 Å². The van der Waals surface area contributed by atoms with Crippen molar-refractivity contribution in [2.75, 3.05) is 29.9 Å². The second kappa shape index (κ2) is 8.27. The Hall–Kier alpha value is -1.18. The molecule has 3 rings (SSSR count). The maximum Gasteiger partial charge on any atom is 0.232 e.